The van der Waals surface area contributed by atoms with Crippen molar-refractivity contribution < 1.29 is 0 Å². The first kappa shape index (κ1) is 13.6. The Bertz CT molecular complexity index is 540. The van der Waals surface area contributed by atoms with Gasteiger partial charge in [0.05, 0.1) is 5.02 Å². The molecule has 0 heterocycles. The van der Waals surface area contributed by atoms with E-state index >= 15 is 0 Å². The molecular formula is C15H15BrClN. The Morgan fingerprint density at radius 1 is 1.11 bits per heavy atom. The molecule has 1 N–H and O–H groups in total. The van der Waals surface area contributed by atoms with Crippen LogP contribution < -0.4 is 5.32 Å². The maximum atomic E-state index is 5.96. The average Bonchev–Trinajstić information content (AvgIpc) is 2.36. The lowest BCUT2D eigenvalue weighted by Gasteiger charge is -2.08. The number of hydrogen-bond donors (Lipinski definition) is 1. The molecule has 0 aromatic heterocycles. The van der Waals surface area contributed by atoms with E-state index in [2.05, 4.69) is 52.4 Å². The molecule has 3 heteroatoms. The highest BCUT2D eigenvalue weighted by atomic mass is 79.9. The van der Waals surface area contributed by atoms with Gasteiger partial charge in [-0.05, 0) is 51.7 Å². The van der Waals surface area contributed by atoms with E-state index in [1.54, 1.807) is 0 Å². The summed E-state index contributed by atoms with van der Waals surface area (Å²) in [6.45, 7) is 3.85. The van der Waals surface area contributed by atoms with Gasteiger partial charge < -0.3 is 5.32 Å². The molecule has 0 radical (unpaired) electrons. The second-order valence-corrected chi connectivity index (χ2v) is 5.54. The molecule has 18 heavy (non-hydrogen) atoms. The molecule has 0 unspecified atom stereocenters. The lowest BCUT2D eigenvalue weighted by molar-refractivity contribution is 0.690. The lowest BCUT2D eigenvalue weighted by Crippen LogP contribution is -2.13. The first-order valence-corrected chi connectivity index (χ1v) is 7.03. The van der Waals surface area contributed by atoms with Gasteiger partial charge in [0.1, 0.15) is 0 Å². The summed E-state index contributed by atoms with van der Waals surface area (Å²) in [6, 6.07) is 14.4. The number of nitrogens with one attached hydrogen (secondary N) is 1. The fourth-order valence-corrected chi connectivity index (χ4v) is 2.34. The minimum absolute atomic E-state index is 0.748. The van der Waals surface area contributed by atoms with Gasteiger partial charge in [0.15, 0.2) is 0 Å². The standard InChI is InChI=1S/C15H15BrClN/c1-11-4-2-3-5-13(11)10-18-9-12-6-7-15(17)14(16)8-12/h2-8,18H,9-10H2,1H3. The predicted octanol–water partition coefficient (Wildman–Crippen LogP) is 4.70. The molecule has 0 fully saturated rings. The Balaban J connectivity index is 1.92. The molecule has 0 atom stereocenters. The minimum Gasteiger partial charge on any atom is -0.309 e. The van der Waals surface area contributed by atoms with Crippen LogP contribution in [-0.4, -0.2) is 0 Å². The number of aryl methyl sites for hydroxylation is 1. The van der Waals surface area contributed by atoms with Crippen LogP contribution >= 0.6 is 27.5 Å². The summed E-state index contributed by atoms with van der Waals surface area (Å²) >= 11 is 9.40. The van der Waals surface area contributed by atoms with Crippen molar-refractivity contribution in [3.8, 4) is 0 Å². The zero-order valence-electron chi connectivity index (χ0n) is 10.2. The number of rotatable bonds is 4. The van der Waals surface area contributed by atoms with Crippen molar-refractivity contribution in [2.24, 2.45) is 0 Å². The zero-order valence-corrected chi connectivity index (χ0v) is 12.6. The van der Waals surface area contributed by atoms with E-state index in [9.17, 15) is 0 Å². The largest absolute Gasteiger partial charge is 0.309 e. The van der Waals surface area contributed by atoms with E-state index < -0.39 is 0 Å². The van der Waals surface area contributed by atoms with Gasteiger partial charge in [-0.3, -0.25) is 0 Å². The van der Waals surface area contributed by atoms with E-state index in [4.69, 9.17) is 11.6 Å². The molecule has 0 saturated heterocycles. The van der Waals surface area contributed by atoms with Gasteiger partial charge in [-0.2, -0.15) is 0 Å². The first-order valence-electron chi connectivity index (χ1n) is 5.86. The normalized spacial score (nSPS) is 10.6. The van der Waals surface area contributed by atoms with Crippen LogP contribution in [0.1, 0.15) is 16.7 Å². The highest BCUT2D eigenvalue weighted by Gasteiger charge is 2.00. The van der Waals surface area contributed by atoms with Crippen molar-refractivity contribution in [1.82, 2.24) is 5.32 Å². The van der Waals surface area contributed by atoms with Gasteiger partial charge in [0.2, 0.25) is 0 Å². The van der Waals surface area contributed by atoms with Crippen molar-refractivity contribution in [2.75, 3.05) is 0 Å². The van der Waals surface area contributed by atoms with Gasteiger partial charge in [0, 0.05) is 17.6 Å². The van der Waals surface area contributed by atoms with Crippen LogP contribution in [0.5, 0.6) is 0 Å². The quantitative estimate of drug-likeness (QED) is 0.859. The fraction of sp³-hybridized carbons (Fsp3) is 0.200. The summed E-state index contributed by atoms with van der Waals surface area (Å²) < 4.78 is 0.944. The Labute approximate surface area is 121 Å². The van der Waals surface area contributed by atoms with Gasteiger partial charge in [-0.15, -0.1) is 0 Å². The van der Waals surface area contributed by atoms with Gasteiger partial charge in [-0.1, -0.05) is 41.9 Å². The van der Waals surface area contributed by atoms with Crippen LogP contribution in [0.15, 0.2) is 46.9 Å². The third-order valence-electron chi connectivity index (χ3n) is 2.89. The van der Waals surface area contributed by atoms with Crippen LogP contribution in [-0.2, 0) is 13.1 Å². The summed E-state index contributed by atoms with van der Waals surface area (Å²) in [7, 11) is 0. The number of benzene rings is 2. The third-order valence-corrected chi connectivity index (χ3v) is 4.10. The molecule has 0 bridgehead atoms. The molecule has 0 amide bonds. The van der Waals surface area contributed by atoms with Crippen molar-refractivity contribution in [3.05, 3.63) is 68.7 Å². The number of halogens is 2. The predicted molar refractivity (Wildman–Crippen MR) is 80.9 cm³/mol. The van der Waals surface area contributed by atoms with Gasteiger partial charge in [0.25, 0.3) is 0 Å². The molecule has 94 valence electrons. The minimum atomic E-state index is 0.748. The maximum Gasteiger partial charge on any atom is 0.0548 e. The smallest absolute Gasteiger partial charge is 0.0548 e. The van der Waals surface area contributed by atoms with Crippen LogP contribution in [0, 0.1) is 6.92 Å². The second kappa shape index (κ2) is 6.37. The SMILES string of the molecule is Cc1ccccc1CNCc1ccc(Cl)c(Br)c1. The van der Waals surface area contributed by atoms with Crippen molar-refractivity contribution >= 4 is 27.5 Å². The van der Waals surface area contributed by atoms with E-state index in [1.807, 2.05) is 18.2 Å². The van der Waals surface area contributed by atoms with E-state index in [0.717, 1.165) is 22.6 Å². The maximum absolute atomic E-state index is 5.96. The Hall–Kier alpha value is -0.830. The van der Waals surface area contributed by atoms with Crippen LogP contribution in [0.3, 0.4) is 0 Å². The molecule has 2 rings (SSSR count). The van der Waals surface area contributed by atoms with Gasteiger partial charge >= 0.3 is 0 Å². The van der Waals surface area contributed by atoms with Crippen LogP contribution in [0.2, 0.25) is 5.02 Å². The second-order valence-electron chi connectivity index (χ2n) is 4.28. The fourth-order valence-electron chi connectivity index (χ4n) is 1.80. The van der Waals surface area contributed by atoms with Crippen LogP contribution in [0.25, 0.3) is 0 Å². The summed E-state index contributed by atoms with van der Waals surface area (Å²) in [5.41, 5.74) is 3.88. The molecular weight excluding hydrogens is 310 g/mol. The Kier molecular flexibility index (Phi) is 4.81. The molecule has 0 aliphatic heterocycles. The molecule has 0 saturated carbocycles. The first-order chi connectivity index (χ1) is 8.66. The molecule has 0 aliphatic rings. The van der Waals surface area contributed by atoms with E-state index in [0.29, 0.717) is 0 Å². The highest BCUT2D eigenvalue weighted by Crippen LogP contribution is 2.23. The van der Waals surface area contributed by atoms with Crippen molar-refractivity contribution in [3.63, 3.8) is 0 Å². The van der Waals surface area contributed by atoms with E-state index in [-0.39, 0.29) is 0 Å². The third kappa shape index (κ3) is 3.58. The zero-order chi connectivity index (χ0) is 13.0. The molecule has 2 aromatic carbocycles. The summed E-state index contributed by atoms with van der Waals surface area (Å²) in [5, 5.41) is 4.19. The van der Waals surface area contributed by atoms with E-state index in [1.165, 1.54) is 16.7 Å². The monoisotopic (exact) mass is 323 g/mol. The van der Waals surface area contributed by atoms with Crippen LogP contribution in [0.4, 0.5) is 0 Å². The summed E-state index contributed by atoms with van der Waals surface area (Å²) in [5.74, 6) is 0. The summed E-state index contributed by atoms with van der Waals surface area (Å²) in [4.78, 5) is 0. The Morgan fingerprint density at radius 2 is 1.89 bits per heavy atom. The lowest BCUT2D eigenvalue weighted by atomic mass is 10.1. The highest BCUT2D eigenvalue weighted by molar-refractivity contribution is 9.10. The molecule has 0 spiro atoms. The average molecular weight is 325 g/mol. The molecule has 0 aliphatic carbocycles. The molecule has 2 aromatic rings. The summed E-state index contributed by atoms with van der Waals surface area (Å²) in [6.07, 6.45) is 0. The van der Waals surface area contributed by atoms with Crippen molar-refractivity contribution in [1.29, 1.82) is 0 Å². The number of hydrogen-bond acceptors (Lipinski definition) is 1. The Morgan fingerprint density at radius 3 is 2.61 bits per heavy atom. The van der Waals surface area contributed by atoms with Gasteiger partial charge in [-0.25, -0.2) is 0 Å². The topological polar surface area (TPSA) is 12.0 Å². The molecule has 1 nitrogen and oxygen atoms in total. The van der Waals surface area contributed by atoms with Crippen molar-refractivity contribution in [2.45, 2.75) is 20.0 Å².